The van der Waals surface area contributed by atoms with Gasteiger partial charge in [-0.25, -0.2) is 0 Å². The van der Waals surface area contributed by atoms with Crippen molar-refractivity contribution >= 4 is 22.8 Å². The van der Waals surface area contributed by atoms with Crippen molar-refractivity contribution in [3.8, 4) is 5.75 Å². The van der Waals surface area contributed by atoms with E-state index in [1.54, 1.807) is 29.2 Å². The smallest absolute Gasteiger partial charge is 0.416 e. The third kappa shape index (κ3) is 5.53. The average Bonchev–Trinajstić information content (AvgIpc) is 3.14. The zero-order chi connectivity index (χ0) is 21.0. The van der Waals surface area contributed by atoms with Crippen LogP contribution in [-0.2, 0) is 11.9 Å². The van der Waals surface area contributed by atoms with Gasteiger partial charge in [-0.2, -0.15) is 13.2 Å². The van der Waals surface area contributed by atoms with Crippen LogP contribution in [0.4, 0.5) is 13.2 Å². The van der Waals surface area contributed by atoms with Crippen LogP contribution in [0.3, 0.4) is 0 Å². The Morgan fingerprint density at radius 1 is 1.14 bits per heavy atom. The molecule has 154 valence electrons. The van der Waals surface area contributed by atoms with Crippen molar-refractivity contribution in [1.29, 1.82) is 0 Å². The summed E-state index contributed by atoms with van der Waals surface area (Å²) >= 11 is 1.34. The van der Waals surface area contributed by atoms with E-state index in [0.717, 1.165) is 17.7 Å². The molecule has 4 nitrogen and oxygen atoms in total. The number of aliphatic imine (C=N–C) groups is 1. The van der Waals surface area contributed by atoms with Crippen LogP contribution in [0.5, 0.6) is 5.75 Å². The molecule has 0 fully saturated rings. The molecule has 2 aromatic rings. The Bertz CT molecular complexity index is 878. The first-order valence-electron chi connectivity index (χ1n) is 9.16. The third-order valence-electron chi connectivity index (χ3n) is 4.17. The van der Waals surface area contributed by atoms with Gasteiger partial charge in [-0.15, -0.1) is 0 Å². The van der Waals surface area contributed by atoms with Gasteiger partial charge in [0, 0.05) is 17.9 Å². The standard InChI is InChI=1S/C21H21F3N2O2S/c1-14(2)28-18-9-5-16(6-10-18)19(27)26-12-11-25-20(26)29-13-15-3-7-17(8-4-15)21(22,23)24/h3-10,14H,11-13H2,1-2H3. The molecule has 0 saturated heterocycles. The van der Waals surface area contributed by atoms with Crippen molar-refractivity contribution in [1.82, 2.24) is 4.90 Å². The van der Waals surface area contributed by atoms with Crippen LogP contribution in [0.2, 0.25) is 0 Å². The van der Waals surface area contributed by atoms with Crippen LogP contribution in [0, 0.1) is 0 Å². The summed E-state index contributed by atoms with van der Waals surface area (Å²) in [6, 6.07) is 12.0. The zero-order valence-electron chi connectivity index (χ0n) is 16.1. The molecule has 0 atom stereocenters. The van der Waals surface area contributed by atoms with Gasteiger partial charge in [0.25, 0.3) is 5.91 Å². The largest absolute Gasteiger partial charge is 0.491 e. The second-order valence-electron chi connectivity index (χ2n) is 6.80. The molecule has 0 aromatic heterocycles. The SMILES string of the molecule is CC(C)Oc1ccc(C(=O)N2CCN=C2SCc2ccc(C(F)(F)F)cc2)cc1. The number of alkyl halides is 3. The molecule has 1 aliphatic heterocycles. The number of amidine groups is 1. The summed E-state index contributed by atoms with van der Waals surface area (Å²) in [5.74, 6) is 0.975. The number of thioether (sulfide) groups is 1. The highest BCUT2D eigenvalue weighted by Gasteiger charge is 2.30. The normalized spacial score (nSPS) is 14.3. The highest BCUT2D eigenvalue weighted by atomic mass is 32.2. The minimum absolute atomic E-state index is 0.0514. The third-order valence-corrected chi connectivity index (χ3v) is 5.25. The molecule has 0 saturated carbocycles. The number of nitrogens with zero attached hydrogens (tertiary/aromatic N) is 2. The number of carbonyl (C=O) groups is 1. The monoisotopic (exact) mass is 422 g/mol. The Labute approximate surface area is 171 Å². The van der Waals surface area contributed by atoms with Crippen LogP contribution in [-0.4, -0.2) is 35.2 Å². The number of carbonyl (C=O) groups excluding carboxylic acids is 1. The van der Waals surface area contributed by atoms with Gasteiger partial charge >= 0.3 is 6.18 Å². The lowest BCUT2D eigenvalue weighted by Crippen LogP contribution is -2.32. The molecular formula is C21H21F3N2O2S. The average molecular weight is 422 g/mol. The topological polar surface area (TPSA) is 41.9 Å². The first kappa shape index (κ1) is 21.2. The molecular weight excluding hydrogens is 401 g/mol. The maximum Gasteiger partial charge on any atom is 0.416 e. The summed E-state index contributed by atoms with van der Waals surface area (Å²) in [6.07, 6.45) is -4.30. The number of halogens is 3. The van der Waals surface area contributed by atoms with E-state index in [2.05, 4.69) is 4.99 Å². The molecule has 0 aliphatic carbocycles. The van der Waals surface area contributed by atoms with E-state index in [1.807, 2.05) is 13.8 Å². The molecule has 0 bridgehead atoms. The lowest BCUT2D eigenvalue weighted by atomic mass is 10.1. The highest BCUT2D eigenvalue weighted by Crippen LogP contribution is 2.30. The Hall–Kier alpha value is -2.48. The fraction of sp³-hybridized carbons (Fsp3) is 0.333. The Kier molecular flexibility index (Phi) is 6.52. The van der Waals surface area contributed by atoms with Gasteiger partial charge in [0.15, 0.2) is 5.17 Å². The van der Waals surface area contributed by atoms with Crippen molar-refractivity contribution in [2.75, 3.05) is 13.1 Å². The Balaban J connectivity index is 1.61. The number of rotatable bonds is 5. The van der Waals surface area contributed by atoms with E-state index in [1.165, 1.54) is 23.9 Å². The van der Waals surface area contributed by atoms with E-state index in [-0.39, 0.29) is 12.0 Å². The second-order valence-corrected chi connectivity index (χ2v) is 7.74. The van der Waals surface area contributed by atoms with Crippen molar-refractivity contribution in [3.05, 3.63) is 65.2 Å². The van der Waals surface area contributed by atoms with Crippen molar-refractivity contribution < 1.29 is 22.7 Å². The van der Waals surface area contributed by atoms with Crippen LogP contribution >= 0.6 is 11.8 Å². The van der Waals surface area contributed by atoms with Crippen LogP contribution in [0.25, 0.3) is 0 Å². The van der Waals surface area contributed by atoms with Crippen molar-refractivity contribution in [2.45, 2.75) is 31.9 Å². The summed E-state index contributed by atoms with van der Waals surface area (Å²) in [6.45, 7) is 4.86. The summed E-state index contributed by atoms with van der Waals surface area (Å²) in [5, 5.41) is 0.581. The molecule has 3 rings (SSSR count). The molecule has 1 amide bonds. The summed E-state index contributed by atoms with van der Waals surface area (Å²) in [4.78, 5) is 18.8. The van der Waals surface area contributed by atoms with Crippen LogP contribution < -0.4 is 4.74 Å². The first-order chi connectivity index (χ1) is 13.7. The molecule has 0 N–H and O–H groups in total. The van der Waals surface area contributed by atoms with Crippen LogP contribution in [0.1, 0.15) is 35.3 Å². The first-order valence-corrected chi connectivity index (χ1v) is 10.1. The van der Waals surface area contributed by atoms with Gasteiger partial charge in [-0.05, 0) is 55.8 Å². The maximum atomic E-state index is 12.8. The van der Waals surface area contributed by atoms with Crippen molar-refractivity contribution in [2.24, 2.45) is 4.99 Å². The van der Waals surface area contributed by atoms with Gasteiger partial charge in [0.1, 0.15) is 5.75 Å². The van der Waals surface area contributed by atoms with E-state index < -0.39 is 11.7 Å². The summed E-state index contributed by atoms with van der Waals surface area (Å²) in [7, 11) is 0. The molecule has 1 aliphatic rings. The van der Waals surface area contributed by atoms with Gasteiger partial charge in [-0.3, -0.25) is 14.7 Å². The molecule has 2 aromatic carbocycles. The minimum atomic E-state index is -4.35. The molecule has 1 heterocycles. The summed E-state index contributed by atoms with van der Waals surface area (Å²) in [5.41, 5.74) is 0.595. The minimum Gasteiger partial charge on any atom is -0.491 e. The second kappa shape index (κ2) is 8.90. The van der Waals surface area contributed by atoms with E-state index in [0.29, 0.717) is 35.3 Å². The van der Waals surface area contributed by atoms with E-state index in [4.69, 9.17) is 4.74 Å². The van der Waals surface area contributed by atoms with Gasteiger partial charge in [-0.1, -0.05) is 23.9 Å². The number of amides is 1. The molecule has 29 heavy (non-hydrogen) atoms. The summed E-state index contributed by atoms with van der Waals surface area (Å²) < 4.78 is 43.6. The number of ether oxygens (including phenoxy) is 1. The quantitative estimate of drug-likeness (QED) is 0.662. The van der Waals surface area contributed by atoms with Gasteiger partial charge in [0.05, 0.1) is 18.2 Å². The van der Waals surface area contributed by atoms with Gasteiger partial charge in [0.2, 0.25) is 0 Å². The number of hydrogen-bond donors (Lipinski definition) is 0. The molecule has 0 radical (unpaired) electrons. The fourth-order valence-corrected chi connectivity index (χ4v) is 3.78. The Morgan fingerprint density at radius 2 is 1.79 bits per heavy atom. The lowest BCUT2D eigenvalue weighted by Gasteiger charge is -2.18. The lowest BCUT2D eigenvalue weighted by molar-refractivity contribution is -0.137. The van der Waals surface area contributed by atoms with E-state index in [9.17, 15) is 18.0 Å². The number of benzene rings is 2. The predicted molar refractivity (Wildman–Crippen MR) is 108 cm³/mol. The fourth-order valence-electron chi connectivity index (χ4n) is 2.78. The maximum absolute atomic E-state index is 12.8. The zero-order valence-corrected chi connectivity index (χ0v) is 16.9. The number of hydrogen-bond acceptors (Lipinski definition) is 4. The predicted octanol–water partition coefficient (Wildman–Crippen LogP) is 5.24. The van der Waals surface area contributed by atoms with Gasteiger partial charge < -0.3 is 4.74 Å². The van der Waals surface area contributed by atoms with E-state index >= 15 is 0 Å². The molecule has 0 unspecified atom stereocenters. The highest BCUT2D eigenvalue weighted by molar-refractivity contribution is 8.13. The Morgan fingerprint density at radius 3 is 2.38 bits per heavy atom. The van der Waals surface area contributed by atoms with Crippen molar-refractivity contribution in [3.63, 3.8) is 0 Å². The molecule has 0 spiro atoms. The molecule has 8 heteroatoms. The van der Waals surface area contributed by atoms with Crippen LogP contribution in [0.15, 0.2) is 53.5 Å².